The Morgan fingerprint density at radius 2 is 2.07 bits per heavy atom. The Hall–Kier alpha value is -1.97. The zero-order valence-corrected chi connectivity index (χ0v) is 18.2. The lowest BCUT2D eigenvalue weighted by molar-refractivity contribution is 0.138. The van der Waals surface area contributed by atoms with Crippen LogP contribution >= 0.6 is 11.3 Å². The second-order valence-corrected chi connectivity index (χ2v) is 9.47. The van der Waals surface area contributed by atoms with Gasteiger partial charge in [-0.15, -0.1) is 11.3 Å². The monoisotopic (exact) mass is 400 g/mol. The molecule has 0 N–H and O–H groups in total. The predicted molar refractivity (Wildman–Crippen MR) is 113 cm³/mol. The van der Waals surface area contributed by atoms with Crippen LogP contribution in [0.3, 0.4) is 0 Å². The van der Waals surface area contributed by atoms with E-state index in [2.05, 4.69) is 55.5 Å². The molecule has 2 atom stereocenters. The van der Waals surface area contributed by atoms with Gasteiger partial charge in [0.15, 0.2) is 0 Å². The number of aryl methyl sites for hydroxylation is 1. The minimum absolute atomic E-state index is 0.164. The predicted octanol–water partition coefficient (Wildman–Crippen LogP) is 4.93. The summed E-state index contributed by atoms with van der Waals surface area (Å²) < 4.78 is 14.6. The van der Waals surface area contributed by atoms with Crippen molar-refractivity contribution >= 4 is 17.0 Å². The Balaban J connectivity index is 1.81. The van der Waals surface area contributed by atoms with Gasteiger partial charge in [-0.1, -0.05) is 13.8 Å². The van der Waals surface area contributed by atoms with E-state index >= 15 is 0 Å². The first-order valence-corrected chi connectivity index (χ1v) is 10.8. The minimum atomic E-state index is -0.405. The summed E-state index contributed by atoms with van der Waals surface area (Å²) in [4.78, 5) is 10.4. The summed E-state index contributed by atoms with van der Waals surface area (Å²) in [6, 6.07) is 6.16. The Labute approximate surface area is 171 Å². The largest absolute Gasteiger partial charge is 0.368 e. The molecule has 1 aromatic heterocycles. The van der Waals surface area contributed by atoms with Crippen LogP contribution in [0.5, 0.6) is 0 Å². The second kappa shape index (κ2) is 8.59. The number of halogens is 1. The molecule has 3 rings (SSSR count). The smallest absolute Gasteiger partial charge is 0.143 e. The molecular formula is C22H29FN4S. The molecule has 0 saturated carbocycles. The number of nitrogens with zero attached hydrogens (tertiary/aromatic N) is 4. The summed E-state index contributed by atoms with van der Waals surface area (Å²) in [5.74, 6) is 0.0379. The highest BCUT2D eigenvalue weighted by Gasteiger charge is 2.30. The van der Waals surface area contributed by atoms with E-state index in [-0.39, 0.29) is 17.6 Å². The van der Waals surface area contributed by atoms with Crippen molar-refractivity contribution in [3.8, 4) is 6.07 Å². The van der Waals surface area contributed by atoms with E-state index in [0.29, 0.717) is 5.92 Å². The van der Waals surface area contributed by atoms with Crippen LogP contribution < -0.4 is 4.90 Å². The molecule has 1 aliphatic heterocycles. The van der Waals surface area contributed by atoms with Crippen molar-refractivity contribution in [2.45, 2.75) is 53.1 Å². The van der Waals surface area contributed by atoms with Crippen molar-refractivity contribution in [3.63, 3.8) is 0 Å². The zero-order valence-electron chi connectivity index (χ0n) is 17.4. The van der Waals surface area contributed by atoms with Crippen molar-refractivity contribution in [2.24, 2.45) is 5.92 Å². The zero-order chi connectivity index (χ0) is 20.4. The van der Waals surface area contributed by atoms with Gasteiger partial charge in [-0.05, 0) is 50.8 Å². The normalized spacial score (nSPS) is 19.1. The molecular weight excluding hydrogens is 371 g/mol. The molecule has 6 heteroatoms. The van der Waals surface area contributed by atoms with Crippen molar-refractivity contribution in [1.29, 1.82) is 5.26 Å². The molecule has 0 spiro atoms. The number of hydrogen-bond acceptors (Lipinski definition) is 5. The fraction of sp³-hybridized carbons (Fsp3) is 0.545. The van der Waals surface area contributed by atoms with Crippen molar-refractivity contribution in [1.82, 2.24) is 9.88 Å². The van der Waals surface area contributed by atoms with E-state index in [0.717, 1.165) is 42.3 Å². The van der Waals surface area contributed by atoms with E-state index in [1.807, 2.05) is 12.3 Å². The first kappa shape index (κ1) is 20.8. The number of aromatic nitrogens is 1. The summed E-state index contributed by atoms with van der Waals surface area (Å²) in [6.45, 7) is 13.1. The summed E-state index contributed by atoms with van der Waals surface area (Å²) in [5, 5.41) is 10.7. The number of nitriles is 1. The minimum Gasteiger partial charge on any atom is -0.368 e. The highest BCUT2D eigenvalue weighted by atomic mass is 32.1. The number of rotatable bonds is 5. The van der Waals surface area contributed by atoms with Gasteiger partial charge < -0.3 is 4.90 Å². The van der Waals surface area contributed by atoms with Gasteiger partial charge >= 0.3 is 0 Å². The lowest BCUT2D eigenvalue weighted by atomic mass is 9.99. The Morgan fingerprint density at radius 3 is 2.64 bits per heavy atom. The summed E-state index contributed by atoms with van der Waals surface area (Å²) in [5.41, 5.74) is 1.86. The molecule has 1 saturated heterocycles. The number of anilines is 1. The lowest BCUT2D eigenvalue weighted by Crippen LogP contribution is -2.52. The topological polar surface area (TPSA) is 43.2 Å². The van der Waals surface area contributed by atoms with Crippen LogP contribution in [0.4, 0.5) is 10.1 Å². The van der Waals surface area contributed by atoms with Gasteiger partial charge in [-0.3, -0.25) is 4.90 Å². The molecule has 0 radical (unpaired) electrons. The highest BCUT2D eigenvalue weighted by Crippen LogP contribution is 2.32. The first-order chi connectivity index (χ1) is 13.3. The molecule has 150 valence electrons. The lowest BCUT2D eigenvalue weighted by Gasteiger charge is -2.43. The fourth-order valence-electron chi connectivity index (χ4n) is 4.07. The average Bonchev–Trinajstić information content (AvgIpc) is 3.06. The highest BCUT2D eigenvalue weighted by molar-refractivity contribution is 7.11. The summed E-state index contributed by atoms with van der Waals surface area (Å²) in [6.07, 6.45) is 2.74. The van der Waals surface area contributed by atoms with Crippen molar-refractivity contribution in [2.75, 3.05) is 24.5 Å². The quantitative estimate of drug-likeness (QED) is 0.713. The Bertz CT molecular complexity index is 870. The summed E-state index contributed by atoms with van der Waals surface area (Å²) in [7, 11) is 0. The molecule has 0 amide bonds. The maximum absolute atomic E-state index is 14.6. The maximum atomic E-state index is 14.6. The number of benzene rings is 1. The van der Waals surface area contributed by atoms with Crippen LogP contribution in [0.15, 0.2) is 18.3 Å². The average molecular weight is 401 g/mol. The summed E-state index contributed by atoms with van der Waals surface area (Å²) >= 11 is 1.75. The van der Waals surface area contributed by atoms with Crippen molar-refractivity contribution < 1.29 is 4.39 Å². The van der Waals surface area contributed by atoms with Crippen LogP contribution in [0.1, 0.15) is 54.7 Å². The van der Waals surface area contributed by atoms with Crippen LogP contribution in [0.25, 0.3) is 0 Å². The third-order valence-corrected chi connectivity index (χ3v) is 6.48. The van der Waals surface area contributed by atoms with Gasteiger partial charge in [-0.2, -0.15) is 5.26 Å². The van der Waals surface area contributed by atoms with Crippen molar-refractivity contribution in [3.05, 3.63) is 45.2 Å². The van der Waals surface area contributed by atoms with Gasteiger partial charge in [0.2, 0.25) is 0 Å². The number of thiazole rings is 1. The molecule has 0 bridgehead atoms. The van der Waals surface area contributed by atoms with Gasteiger partial charge in [-0.25, -0.2) is 9.37 Å². The van der Waals surface area contributed by atoms with Crippen LogP contribution in [0, 0.1) is 30.0 Å². The van der Waals surface area contributed by atoms with E-state index in [4.69, 9.17) is 0 Å². The molecule has 1 fully saturated rings. The standard InChI is InChI=1S/C22H29FN4S/c1-14(2)8-18-9-20(23)19(11-24)21(10-18)26-6-7-27(15(3)13-26)17(5)22-25-12-16(4)28-22/h9-10,12,14-15,17H,6-8,13H2,1-5H3/t15-,17?/m0/s1. The van der Waals surface area contributed by atoms with Gasteiger partial charge in [0, 0.05) is 36.8 Å². The molecule has 2 heterocycles. The molecule has 2 aromatic rings. The molecule has 28 heavy (non-hydrogen) atoms. The van der Waals surface area contributed by atoms with E-state index in [1.165, 1.54) is 10.9 Å². The van der Waals surface area contributed by atoms with Crippen LogP contribution in [-0.2, 0) is 6.42 Å². The van der Waals surface area contributed by atoms with Gasteiger partial charge in [0.05, 0.1) is 11.7 Å². The first-order valence-electron chi connectivity index (χ1n) is 9.95. The fourth-order valence-corrected chi connectivity index (χ4v) is 4.92. The number of piperazine rings is 1. The van der Waals surface area contributed by atoms with E-state index in [9.17, 15) is 9.65 Å². The van der Waals surface area contributed by atoms with Crippen LogP contribution in [0.2, 0.25) is 0 Å². The Morgan fingerprint density at radius 1 is 1.32 bits per heavy atom. The molecule has 1 unspecified atom stereocenters. The van der Waals surface area contributed by atoms with E-state index < -0.39 is 5.82 Å². The van der Waals surface area contributed by atoms with Gasteiger partial charge in [0.25, 0.3) is 0 Å². The van der Waals surface area contributed by atoms with Crippen LogP contribution in [-0.4, -0.2) is 35.6 Å². The maximum Gasteiger partial charge on any atom is 0.143 e. The van der Waals surface area contributed by atoms with E-state index in [1.54, 1.807) is 11.3 Å². The molecule has 1 aliphatic rings. The number of hydrogen-bond donors (Lipinski definition) is 0. The second-order valence-electron chi connectivity index (χ2n) is 8.20. The third-order valence-electron chi connectivity index (χ3n) is 5.40. The third kappa shape index (κ3) is 4.37. The molecule has 4 nitrogen and oxygen atoms in total. The SMILES string of the molecule is Cc1cnc(C(C)N2CCN(c3cc(CC(C)C)cc(F)c3C#N)C[C@@H]2C)s1. The molecule has 1 aromatic carbocycles. The Kier molecular flexibility index (Phi) is 6.36. The van der Waals surface area contributed by atoms with Gasteiger partial charge in [0.1, 0.15) is 22.5 Å². The molecule has 0 aliphatic carbocycles.